The van der Waals surface area contributed by atoms with Crippen LogP contribution in [0, 0.1) is 0 Å². The number of rotatable bonds is 3. The average Bonchev–Trinajstić information content (AvgIpc) is 3.05. The number of nitrogens with zero attached hydrogens (tertiary/aromatic N) is 4. The third-order valence-electron chi connectivity index (χ3n) is 3.59. The number of imidazole rings is 1. The van der Waals surface area contributed by atoms with E-state index in [9.17, 15) is 22.8 Å². The van der Waals surface area contributed by atoms with Gasteiger partial charge in [-0.05, 0) is 18.2 Å². The van der Waals surface area contributed by atoms with Crippen LogP contribution in [0.3, 0.4) is 0 Å². The van der Waals surface area contributed by atoms with Crippen molar-refractivity contribution in [2.45, 2.75) is 12.7 Å². The lowest BCUT2D eigenvalue weighted by atomic mass is 10.3. The predicted molar refractivity (Wildman–Crippen MR) is 95.1 cm³/mol. The lowest BCUT2D eigenvalue weighted by Crippen LogP contribution is -2.30. The number of hydrogen-bond donors (Lipinski definition) is 2. The van der Waals surface area contributed by atoms with Crippen molar-refractivity contribution in [3.63, 3.8) is 0 Å². The molecule has 9 nitrogen and oxygen atoms in total. The summed E-state index contributed by atoms with van der Waals surface area (Å²) in [7, 11) is 3.18. The number of alkyl halides is 3. The molecule has 2 N–H and O–H groups in total. The summed E-state index contributed by atoms with van der Waals surface area (Å²) in [5, 5.41) is 11.1. The molecule has 1 amide bonds. The van der Waals surface area contributed by atoms with E-state index in [1.54, 1.807) is 7.05 Å². The Balaban J connectivity index is 0.000000370. The van der Waals surface area contributed by atoms with Crippen molar-refractivity contribution < 1.29 is 27.9 Å². The number of aromatic amines is 1. The maximum atomic E-state index is 12.3. The van der Waals surface area contributed by atoms with Crippen molar-refractivity contribution in [2.75, 3.05) is 7.05 Å². The number of benzene rings is 1. The first kappa shape index (κ1) is 21.6. The normalized spacial score (nSPS) is 10.9. The lowest BCUT2D eigenvalue weighted by molar-refractivity contribution is -0.192. The number of hydrogen-bond acceptors (Lipinski definition) is 5. The summed E-state index contributed by atoms with van der Waals surface area (Å²) in [6.07, 6.45) is -5.08. The number of halogens is 3. The van der Waals surface area contributed by atoms with Gasteiger partial charge < -0.3 is 15.0 Å². The molecule has 0 aliphatic carbocycles. The van der Waals surface area contributed by atoms with Crippen molar-refractivity contribution in [3.05, 3.63) is 58.3 Å². The molecular weight excluding hydrogens is 395 g/mol. The van der Waals surface area contributed by atoms with Gasteiger partial charge in [0.25, 0.3) is 11.5 Å². The van der Waals surface area contributed by atoms with Crippen molar-refractivity contribution in [2.24, 2.45) is 7.05 Å². The molecule has 0 unspecified atom stereocenters. The van der Waals surface area contributed by atoms with E-state index in [2.05, 4.69) is 15.1 Å². The Morgan fingerprint density at radius 2 is 1.83 bits per heavy atom. The first-order valence-corrected chi connectivity index (χ1v) is 8.02. The Hall–Kier alpha value is -3.70. The van der Waals surface area contributed by atoms with Gasteiger partial charge in [0.05, 0.1) is 17.6 Å². The topological polar surface area (TPSA) is 121 Å². The molecule has 0 saturated carbocycles. The van der Waals surface area contributed by atoms with Gasteiger partial charge in [-0.3, -0.25) is 9.59 Å². The minimum Gasteiger partial charge on any atom is -0.475 e. The zero-order chi connectivity index (χ0) is 21.8. The average molecular weight is 411 g/mol. The number of fused-ring (bicyclic) bond motifs is 1. The van der Waals surface area contributed by atoms with E-state index in [0.717, 1.165) is 15.7 Å². The summed E-state index contributed by atoms with van der Waals surface area (Å²) >= 11 is 0. The Kier molecular flexibility index (Phi) is 6.36. The molecular formula is C17H16F3N5O4. The van der Waals surface area contributed by atoms with Gasteiger partial charge in [-0.15, -0.1) is 0 Å². The first-order valence-electron chi connectivity index (χ1n) is 8.02. The number of amides is 1. The van der Waals surface area contributed by atoms with Crippen LogP contribution >= 0.6 is 0 Å². The SMILES string of the molecule is CN(Cc1nc2ccccc2[nH]1)C(=O)c1ccc(=O)n(C)n1.O=C(O)C(F)(F)F. The van der Waals surface area contributed by atoms with Crippen LogP contribution in [0.15, 0.2) is 41.2 Å². The summed E-state index contributed by atoms with van der Waals surface area (Å²) in [5.74, 6) is -2.33. The van der Waals surface area contributed by atoms with Crippen LogP contribution in [0.1, 0.15) is 16.3 Å². The molecule has 0 fully saturated rings. The van der Waals surface area contributed by atoms with E-state index in [1.807, 2.05) is 24.3 Å². The number of para-hydroxylation sites is 2. The highest BCUT2D eigenvalue weighted by molar-refractivity contribution is 5.91. The number of carbonyl (C=O) groups is 2. The summed E-state index contributed by atoms with van der Waals surface area (Å²) in [4.78, 5) is 41.7. The molecule has 0 aliphatic rings. The quantitative estimate of drug-likeness (QED) is 0.675. The van der Waals surface area contributed by atoms with E-state index in [0.29, 0.717) is 12.4 Å². The molecule has 0 spiro atoms. The van der Waals surface area contributed by atoms with Gasteiger partial charge >= 0.3 is 12.1 Å². The van der Waals surface area contributed by atoms with Crippen LogP contribution in [0.2, 0.25) is 0 Å². The molecule has 12 heteroatoms. The Morgan fingerprint density at radius 3 is 2.38 bits per heavy atom. The zero-order valence-corrected chi connectivity index (χ0v) is 15.3. The molecule has 0 radical (unpaired) electrons. The smallest absolute Gasteiger partial charge is 0.475 e. The molecule has 154 valence electrons. The summed E-state index contributed by atoms with van der Waals surface area (Å²) in [5.41, 5.74) is 1.76. The first-order chi connectivity index (χ1) is 13.5. The van der Waals surface area contributed by atoms with E-state index >= 15 is 0 Å². The van der Waals surface area contributed by atoms with E-state index in [4.69, 9.17) is 9.90 Å². The highest BCUT2D eigenvalue weighted by Crippen LogP contribution is 2.13. The standard InChI is InChI=1S/C15H15N5O2.C2HF3O2/c1-19(15(22)12-7-8-14(21)20(2)18-12)9-13-16-10-5-3-4-6-11(10)17-13;3-2(4,5)1(6)7/h3-8H,9H2,1-2H3,(H,16,17);(H,6,7). The van der Waals surface area contributed by atoms with Gasteiger partial charge in [0.1, 0.15) is 11.5 Å². The van der Waals surface area contributed by atoms with Crippen molar-refractivity contribution in [3.8, 4) is 0 Å². The molecule has 2 aromatic heterocycles. The fourth-order valence-corrected chi connectivity index (χ4v) is 2.19. The number of carboxylic acid groups (broad SMARTS) is 1. The second-order valence-corrected chi connectivity index (χ2v) is 5.85. The number of nitrogens with one attached hydrogen (secondary N) is 1. The largest absolute Gasteiger partial charge is 0.490 e. The number of aliphatic carboxylic acids is 1. The van der Waals surface area contributed by atoms with Crippen LogP contribution in [-0.4, -0.2) is 54.9 Å². The number of H-pyrrole nitrogens is 1. The predicted octanol–water partition coefficient (Wildman–Crippen LogP) is 1.56. The van der Waals surface area contributed by atoms with E-state index in [-0.39, 0.29) is 17.2 Å². The van der Waals surface area contributed by atoms with Crippen LogP contribution in [-0.2, 0) is 18.4 Å². The summed E-state index contributed by atoms with van der Waals surface area (Å²) < 4.78 is 32.9. The van der Waals surface area contributed by atoms with Gasteiger partial charge in [0.2, 0.25) is 0 Å². The minimum atomic E-state index is -5.08. The molecule has 2 heterocycles. The Morgan fingerprint density at radius 1 is 1.21 bits per heavy atom. The highest BCUT2D eigenvalue weighted by Gasteiger charge is 2.38. The summed E-state index contributed by atoms with van der Waals surface area (Å²) in [6, 6.07) is 10.4. The molecule has 0 saturated heterocycles. The number of aryl methyl sites for hydroxylation is 1. The van der Waals surface area contributed by atoms with E-state index < -0.39 is 12.1 Å². The number of carbonyl (C=O) groups excluding carboxylic acids is 1. The maximum Gasteiger partial charge on any atom is 0.490 e. The molecule has 0 atom stereocenters. The van der Waals surface area contributed by atoms with Crippen LogP contribution < -0.4 is 5.56 Å². The van der Waals surface area contributed by atoms with Crippen molar-refractivity contribution >= 4 is 22.9 Å². The molecule has 3 aromatic rings. The molecule has 0 bridgehead atoms. The highest BCUT2D eigenvalue weighted by atomic mass is 19.4. The maximum absolute atomic E-state index is 12.3. The van der Waals surface area contributed by atoms with Gasteiger partial charge in [-0.25, -0.2) is 14.5 Å². The Labute approximate surface area is 161 Å². The van der Waals surface area contributed by atoms with Crippen LogP contribution in [0.25, 0.3) is 11.0 Å². The molecule has 3 rings (SSSR count). The second kappa shape index (κ2) is 8.54. The Bertz CT molecular complexity index is 1060. The van der Waals surface area contributed by atoms with Crippen LogP contribution in [0.5, 0.6) is 0 Å². The van der Waals surface area contributed by atoms with Crippen molar-refractivity contribution in [1.29, 1.82) is 0 Å². The molecule has 1 aromatic carbocycles. The summed E-state index contributed by atoms with van der Waals surface area (Å²) in [6.45, 7) is 0.331. The fourth-order valence-electron chi connectivity index (χ4n) is 2.19. The number of aromatic nitrogens is 4. The van der Waals surface area contributed by atoms with Gasteiger partial charge in [-0.2, -0.15) is 18.3 Å². The third kappa shape index (κ3) is 5.64. The van der Waals surface area contributed by atoms with Gasteiger partial charge in [0.15, 0.2) is 0 Å². The van der Waals surface area contributed by atoms with Gasteiger partial charge in [-0.1, -0.05) is 12.1 Å². The van der Waals surface area contributed by atoms with E-state index in [1.165, 1.54) is 24.1 Å². The number of carboxylic acids is 1. The lowest BCUT2D eigenvalue weighted by Gasteiger charge is -2.15. The van der Waals surface area contributed by atoms with Crippen molar-refractivity contribution in [1.82, 2.24) is 24.6 Å². The molecule has 29 heavy (non-hydrogen) atoms. The van der Waals surface area contributed by atoms with Gasteiger partial charge in [0, 0.05) is 20.2 Å². The zero-order valence-electron chi connectivity index (χ0n) is 15.3. The monoisotopic (exact) mass is 411 g/mol. The van der Waals surface area contributed by atoms with Crippen LogP contribution in [0.4, 0.5) is 13.2 Å². The third-order valence-corrected chi connectivity index (χ3v) is 3.59. The molecule has 0 aliphatic heterocycles. The fraction of sp³-hybridized carbons (Fsp3) is 0.235. The second-order valence-electron chi connectivity index (χ2n) is 5.85. The minimum absolute atomic E-state index is 0.223.